The second kappa shape index (κ2) is 6.90. The fourth-order valence-corrected chi connectivity index (χ4v) is 4.74. The molecular formula is C16H19N3O3S2. The number of aromatic nitrogens is 1. The molecule has 0 radical (unpaired) electrons. The summed E-state index contributed by atoms with van der Waals surface area (Å²) >= 11 is 1.08. The van der Waals surface area contributed by atoms with E-state index >= 15 is 0 Å². The third-order valence-electron chi connectivity index (χ3n) is 3.77. The molecule has 0 atom stereocenters. The van der Waals surface area contributed by atoms with Crippen molar-refractivity contribution in [1.82, 2.24) is 10.3 Å². The Balaban J connectivity index is 1.82. The highest BCUT2D eigenvalue weighted by atomic mass is 32.2. The highest BCUT2D eigenvalue weighted by Gasteiger charge is 2.23. The van der Waals surface area contributed by atoms with Crippen molar-refractivity contribution in [1.29, 1.82) is 0 Å². The number of aryl methyl sites for hydroxylation is 2. The van der Waals surface area contributed by atoms with Crippen molar-refractivity contribution in [3.8, 4) is 0 Å². The summed E-state index contributed by atoms with van der Waals surface area (Å²) in [5.74, 6) is -0.186. The molecule has 128 valence electrons. The van der Waals surface area contributed by atoms with Crippen molar-refractivity contribution in [2.75, 3.05) is 11.3 Å². The molecule has 0 spiro atoms. The first-order valence-corrected chi connectivity index (χ1v) is 10.2. The Labute approximate surface area is 145 Å². The SMILES string of the molecule is CCCc1ccc(S(=O)(=O)Nc2nc3c(s2)C(=O)NCCC3)cc1. The Hall–Kier alpha value is -1.93. The lowest BCUT2D eigenvalue weighted by Gasteiger charge is -2.06. The molecule has 1 amide bonds. The van der Waals surface area contributed by atoms with Gasteiger partial charge < -0.3 is 5.32 Å². The van der Waals surface area contributed by atoms with Gasteiger partial charge in [0.05, 0.1) is 10.6 Å². The second-order valence-corrected chi connectivity index (χ2v) is 8.34. The van der Waals surface area contributed by atoms with Crippen molar-refractivity contribution in [3.05, 3.63) is 40.4 Å². The number of carbonyl (C=O) groups excluding carboxylic acids is 1. The van der Waals surface area contributed by atoms with Crippen LogP contribution in [-0.2, 0) is 22.9 Å². The van der Waals surface area contributed by atoms with E-state index in [-0.39, 0.29) is 15.9 Å². The van der Waals surface area contributed by atoms with E-state index in [0.717, 1.165) is 36.2 Å². The number of rotatable bonds is 5. The molecule has 2 aromatic rings. The molecule has 3 rings (SSSR count). The van der Waals surface area contributed by atoms with Crippen molar-refractivity contribution >= 4 is 32.4 Å². The van der Waals surface area contributed by atoms with Crippen LogP contribution in [0.5, 0.6) is 0 Å². The monoisotopic (exact) mass is 365 g/mol. The van der Waals surface area contributed by atoms with Crippen LogP contribution >= 0.6 is 11.3 Å². The van der Waals surface area contributed by atoms with Crippen LogP contribution in [0.25, 0.3) is 0 Å². The number of thiazole rings is 1. The maximum atomic E-state index is 12.5. The van der Waals surface area contributed by atoms with E-state index < -0.39 is 10.0 Å². The molecule has 24 heavy (non-hydrogen) atoms. The van der Waals surface area contributed by atoms with Crippen molar-refractivity contribution in [2.45, 2.75) is 37.5 Å². The predicted molar refractivity (Wildman–Crippen MR) is 94.0 cm³/mol. The molecule has 1 aliphatic heterocycles. The van der Waals surface area contributed by atoms with Crippen LogP contribution in [0.2, 0.25) is 0 Å². The van der Waals surface area contributed by atoms with E-state index in [1.807, 2.05) is 12.1 Å². The lowest BCUT2D eigenvalue weighted by Crippen LogP contribution is -2.21. The summed E-state index contributed by atoms with van der Waals surface area (Å²) in [5.41, 5.74) is 1.76. The summed E-state index contributed by atoms with van der Waals surface area (Å²) in [7, 11) is -3.70. The predicted octanol–water partition coefficient (Wildman–Crippen LogP) is 2.57. The van der Waals surface area contributed by atoms with E-state index in [1.54, 1.807) is 12.1 Å². The van der Waals surface area contributed by atoms with Gasteiger partial charge in [0.2, 0.25) is 0 Å². The zero-order valence-corrected chi connectivity index (χ0v) is 15.0. The largest absolute Gasteiger partial charge is 0.351 e. The number of anilines is 1. The third kappa shape index (κ3) is 3.59. The van der Waals surface area contributed by atoms with Crippen LogP contribution in [0, 0.1) is 0 Å². The Bertz CT molecular complexity index is 842. The van der Waals surface area contributed by atoms with E-state index in [1.165, 1.54) is 0 Å². The first-order valence-electron chi connectivity index (χ1n) is 7.89. The maximum absolute atomic E-state index is 12.5. The second-order valence-electron chi connectivity index (χ2n) is 5.65. The van der Waals surface area contributed by atoms with E-state index in [0.29, 0.717) is 23.5 Å². The number of nitrogens with zero attached hydrogens (tertiary/aromatic N) is 1. The van der Waals surface area contributed by atoms with Gasteiger partial charge in [-0.15, -0.1) is 0 Å². The van der Waals surface area contributed by atoms with Gasteiger partial charge in [0.15, 0.2) is 5.13 Å². The Kier molecular flexibility index (Phi) is 4.86. The maximum Gasteiger partial charge on any atom is 0.263 e. The van der Waals surface area contributed by atoms with Gasteiger partial charge in [-0.2, -0.15) is 0 Å². The molecule has 1 aliphatic rings. The molecular weight excluding hydrogens is 346 g/mol. The minimum absolute atomic E-state index is 0.186. The highest BCUT2D eigenvalue weighted by molar-refractivity contribution is 7.93. The fourth-order valence-electron chi connectivity index (χ4n) is 2.58. The zero-order valence-electron chi connectivity index (χ0n) is 13.3. The highest BCUT2D eigenvalue weighted by Crippen LogP contribution is 2.27. The quantitative estimate of drug-likeness (QED) is 0.852. The van der Waals surface area contributed by atoms with E-state index in [2.05, 4.69) is 21.9 Å². The number of hydrogen-bond acceptors (Lipinski definition) is 5. The van der Waals surface area contributed by atoms with Crippen LogP contribution in [-0.4, -0.2) is 25.9 Å². The molecule has 2 N–H and O–H groups in total. The summed E-state index contributed by atoms with van der Waals surface area (Å²) in [4.78, 5) is 16.9. The Morgan fingerprint density at radius 2 is 2.04 bits per heavy atom. The zero-order chi connectivity index (χ0) is 17.2. The van der Waals surface area contributed by atoms with Crippen LogP contribution in [0.15, 0.2) is 29.2 Å². The molecule has 0 bridgehead atoms. The summed E-state index contributed by atoms with van der Waals surface area (Å²) < 4.78 is 27.5. The molecule has 2 heterocycles. The number of sulfonamides is 1. The Morgan fingerprint density at radius 3 is 2.75 bits per heavy atom. The fraction of sp³-hybridized carbons (Fsp3) is 0.375. The van der Waals surface area contributed by atoms with Crippen LogP contribution < -0.4 is 10.0 Å². The first-order chi connectivity index (χ1) is 11.5. The van der Waals surface area contributed by atoms with Gasteiger partial charge in [0.1, 0.15) is 4.88 Å². The van der Waals surface area contributed by atoms with Gasteiger partial charge >= 0.3 is 0 Å². The number of benzene rings is 1. The van der Waals surface area contributed by atoms with Gasteiger partial charge in [0, 0.05) is 6.54 Å². The lowest BCUT2D eigenvalue weighted by atomic mass is 10.1. The Morgan fingerprint density at radius 1 is 1.29 bits per heavy atom. The van der Waals surface area contributed by atoms with Gasteiger partial charge in [-0.25, -0.2) is 13.4 Å². The standard InChI is InChI=1S/C16H19N3O3S2/c1-2-4-11-6-8-12(9-7-11)24(21,22)19-16-18-13-5-3-10-17-15(20)14(13)23-16/h6-9H,2-5,10H2,1H3,(H,17,20)(H,18,19). The number of nitrogens with one attached hydrogen (secondary N) is 2. The van der Waals surface area contributed by atoms with Crippen molar-refractivity contribution in [3.63, 3.8) is 0 Å². The average molecular weight is 365 g/mol. The summed E-state index contributed by atoms with van der Waals surface area (Å²) in [6.07, 6.45) is 3.39. The summed E-state index contributed by atoms with van der Waals surface area (Å²) in [6, 6.07) is 6.84. The van der Waals surface area contributed by atoms with Crippen molar-refractivity contribution < 1.29 is 13.2 Å². The van der Waals surface area contributed by atoms with Crippen LogP contribution in [0.4, 0.5) is 5.13 Å². The molecule has 0 saturated heterocycles. The van der Waals surface area contributed by atoms with Crippen molar-refractivity contribution in [2.24, 2.45) is 0 Å². The van der Waals surface area contributed by atoms with Crippen LogP contribution in [0.1, 0.15) is 40.7 Å². The minimum atomic E-state index is -3.70. The number of fused-ring (bicyclic) bond motifs is 1. The lowest BCUT2D eigenvalue weighted by molar-refractivity contribution is 0.0960. The molecule has 0 unspecified atom stereocenters. The molecule has 0 saturated carbocycles. The third-order valence-corrected chi connectivity index (χ3v) is 6.27. The topological polar surface area (TPSA) is 88.2 Å². The van der Waals surface area contributed by atoms with E-state index in [4.69, 9.17) is 0 Å². The first kappa shape index (κ1) is 16.9. The molecule has 1 aromatic heterocycles. The molecule has 1 aromatic carbocycles. The average Bonchev–Trinajstić information content (AvgIpc) is 2.86. The molecule has 6 nitrogen and oxygen atoms in total. The summed E-state index contributed by atoms with van der Waals surface area (Å²) in [6.45, 7) is 2.70. The molecule has 0 aliphatic carbocycles. The van der Waals surface area contributed by atoms with E-state index in [9.17, 15) is 13.2 Å². The smallest absolute Gasteiger partial charge is 0.263 e. The molecule has 0 fully saturated rings. The number of amides is 1. The normalized spacial score (nSPS) is 14.6. The van der Waals surface area contributed by atoms with Gasteiger partial charge in [0.25, 0.3) is 15.9 Å². The van der Waals surface area contributed by atoms with Crippen LogP contribution in [0.3, 0.4) is 0 Å². The number of carbonyl (C=O) groups is 1. The van der Waals surface area contributed by atoms with Gasteiger partial charge in [-0.1, -0.05) is 36.8 Å². The van der Waals surface area contributed by atoms with Gasteiger partial charge in [-0.3, -0.25) is 9.52 Å². The molecule has 8 heteroatoms. The van der Waals surface area contributed by atoms with Gasteiger partial charge in [-0.05, 0) is 37.0 Å². The minimum Gasteiger partial charge on any atom is -0.351 e. The summed E-state index contributed by atoms with van der Waals surface area (Å²) in [5, 5.41) is 3.01. The number of hydrogen-bond donors (Lipinski definition) is 2.